The van der Waals surface area contributed by atoms with E-state index < -0.39 is 5.60 Å². The number of rotatable bonds is 2. The van der Waals surface area contributed by atoms with Crippen LogP contribution in [-0.2, 0) is 6.42 Å². The Morgan fingerprint density at radius 1 is 1.43 bits per heavy atom. The average Bonchev–Trinajstić information content (AvgIpc) is 3.20. The molecule has 3 aliphatic rings. The average molecular weight is 315 g/mol. The fourth-order valence-corrected chi connectivity index (χ4v) is 4.74. The summed E-state index contributed by atoms with van der Waals surface area (Å²) < 4.78 is 5.52. The van der Waals surface area contributed by atoms with E-state index >= 15 is 0 Å². The summed E-state index contributed by atoms with van der Waals surface area (Å²) in [5.41, 5.74) is 1.31. The number of ether oxygens (including phenoxy) is 1. The zero-order valence-corrected chi connectivity index (χ0v) is 13.8. The van der Waals surface area contributed by atoms with Gasteiger partial charge in [0.2, 0.25) is 0 Å². The largest absolute Gasteiger partial charge is 0.493 e. The summed E-state index contributed by atoms with van der Waals surface area (Å²) in [6, 6.07) is 5.78. The van der Waals surface area contributed by atoms with Gasteiger partial charge in [0.05, 0.1) is 12.2 Å². The summed E-state index contributed by atoms with van der Waals surface area (Å²) in [5.74, 6) is 1.71. The summed E-state index contributed by atoms with van der Waals surface area (Å²) in [4.78, 5) is 14.9. The van der Waals surface area contributed by atoms with Gasteiger partial charge in [-0.1, -0.05) is 13.3 Å². The molecular weight excluding hydrogens is 290 g/mol. The van der Waals surface area contributed by atoms with Crippen LogP contribution in [0.5, 0.6) is 5.75 Å². The zero-order valence-electron chi connectivity index (χ0n) is 13.8. The number of hydrogen-bond donors (Lipinski definition) is 1. The molecule has 23 heavy (non-hydrogen) atoms. The van der Waals surface area contributed by atoms with Gasteiger partial charge in [0.25, 0.3) is 5.91 Å². The number of fused-ring (bicyclic) bond motifs is 2. The Kier molecular flexibility index (Phi) is 3.60. The molecule has 0 radical (unpaired) electrons. The molecule has 0 bridgehead atoms. The lowest BCUT2D eigenvalue weighted by molar-refractivity contribution is -0.0609. The second-order valence-corrected chi connectivity index (χ2v) is 7.35. The van der Waals surface area contributed by atoms with E-state index in [1.165, 1.54) is 0 Å². The smallest absolute Gasteiger partial charge is 0.253 e. The van der Waals surface area contributed by atoms with Crippen LogP contribution in [0.4, 0.5) is 0 Å². The molecule has 1 aliphatic carbocycles. The van der Waals surface area contributed by atoms with Gasteiger partial charge >= 0.3 is 0 Å². The number of benzene rings is 1. The topological polar surface area (TPSA) is 49.8 Å². The van der Waals surface area contributed by atoms with Crippen LogP contribution in [0.25, 0.3) is 0 Å². The Balaban J connectivity index is 1.54. The van der Waals surface area contributed by atoms with Crippen molar-refractivity contribution in [2.75, 3.05) is 19.7 Å². The SMILES string of the molecule is CC[C@]1(O)CCC[C@H]2CN(C(=O)c3ccc4c(c3)CCO4)C[C@H]21. The first-order valence-electron chi connectivity index (χ1n) is 8.88. The predicted molar refractivity (Wildman–Crippen MR) is 87.6 cm³/mol. The van der Waals surface area contributed by atoms with Gasteiger partial charge in [0.1, 0.15) is 5.75 Å². The Bertz CT molecular complexity index is 629. The minimum atomic E-state index is -0.580. The maximum Gasteiger partial charge on any atom is 0.253 e. The molecular formula is C19H25NO3. The quantitative estimate of drug-likeness (QED) is 0.913. The van der Waals surface area contributed by atoms with E-state index in [1.807, 2.05) is 23.1 Å². The third-order valence-corrected chi connectivity index (χ3v) is 6.15. The maximum atomic E-state index is 12.9. The molecule has 2 heterocycles. The van der Waals surface area contributed by atoms with Gasteiger partial charge in [-0.2, -0.15) is 0 Å². The summed E-state index contributed by atoms with van der Waals surface area (Å²) >= 11 is 0. The highest BCUT2D eigenvalue weighted by Gasteiger charge is 2.48. The molecule has 4 nitrogen and oxygen atoms in total. The molecule has 4 rings (SSSR count). The molecule has 124 valence electrons. The summed E-state index contributed by atoms with van der Waals surface area (Å²) in [7, 11) is 0. The highest BCUT2D eigenvalue weighted by atomic mass is 16.5. The minimum Gasteiger partial charge on any atom is -0.493 e. The van der Waals surface area contributed by atoms with Crippen LogP contribution in [0.1, 0.15) is 48.5 Å². The number of aliphatic hydroxyl groups is 1. The Morgan fingerprint density at radius 2 is 2.30 bits per heavy atom. The standard InChI is InChI=1S/C19H25NO3/c1-2-19(22)8-3-4-15-11-20(12-16(15)19)18(21)14-5-6-17-13(10-14)7-9-23-17/h5-6,10,15-16,22H,2-4,7-9,11-12H2,1H3/t15-,16+,19-/m0/s1. The second kappa shape index (κ2) is 5.52. The number of carbonyl (C=O) groups excluding carboxylic acids is 1. The molecule has 4 heteroatoms. The highest BCUT2D eigenvalue weighted by molar-refractivity contribution is 5.95. The summed E-state index contributed by atoms with van der Waals surface area (Å²) in [6.45, 7) is 4.26. The fourth-order valence-electron chi connectivity index (χ4n) is 4.74. The van der Waals surface area contributed by atoms with E-state index in [2.05, 4.69) is 6.92 Å². The van der Waals surface area contributed by atoms with E-state index in [4.69, 9.17) is 4.74 Å². The lowest BCUT2D eigenvalue weighted by atomic mass is 9.69. The molecule has 0 unspecified atom stereocenters. The van der Waals surface area contributed by atoms with Crippen molar-refractivity contribution < 1.29 is 14.6 Å². The van der Waals surface area contributed by atoms with Crippen molar-refractivity contribution in [3.8, 4) is 5.75 Å². The zero-order chi connectivity index (χ0) is 16.0. The first-order valence-corrected chi connectivity index (χ1v) is 8.88. The van der Waals surface area contributed by atoms with Crippen molar-refractivity contribution in [3.05, 3.63) is 29.3 Å². The van der Waals surface area contributed by atoms with Gasteiger partial charge in [-0.25, -0.2) is 0 Å². The number of amides is 1. The van der Waals surface area contributed by atoms with Crippen molar-refractivity contribution in [2.24, 2.45) is 11.8 Å². The Morgan fingerprint density at radius 3 is 3.13 bits per heavy atom. The van der Waals surface area contributed by atoms with Crippen molar-refractivity contribution in [1.82, 2.24) is 4.90 Å². The molecule has 1 N–H and O–H groups in total. The van der Waals surface area contributed by atoms with Crippen LogP contribution < -0.4 is 4.74 Å². The predicted octanol–water partition coefficient (Wildman–Crippen LogP) is 2.63. The second-order valence-electron chi connectivity index (χ2n) is 7.35. The number of hydrogen-bond acceptors (Lipinski definition) is 3. The molecule has 1 saturated carbocycles. The van der Waals surface area contributed by atoms with E-state index in [0.717, 1.165) is 55.5 Å². The lowest BCUT2D eigenvalue weighted by Gasteiger charge is -2.40. The van der Waals surface area contributed by atoms with Crippen LogP contribution in [0.3, 0.4) is 0 Å². The van der Waals surface area contributed by atoms with Gasteiger partial charge in [0.15, 0.2) is 0 Å². The summed E-state index contributed by atoms with van der Waals surface area (Å²) in [5, 5.41) is 10.9. The Labute approximate surface area is 137 Å². The lowest BCUT2D eigenvalue weighted by Crippen LogP contribution is -2.44. The molecule has 1 aromatic carbocycles. The van der Waals surface area contributed by atoms with Crippen molar-refractivity contribution >= 4 is 5.91 Å². The molecule has 1 saturated heterocycles. The van der Waals surface area contributed by atoms with E-state index in [1.54, 1.807) is 0 Å². The first-order chi connectivity index (χ1) is 11.1. The normalized spacial score (nSPS) is 32.3. The third-order valence-electron chi connectivity index (χ3n) is 6.15. The van der Waals surface area contributed by atoms with Crippen LogP contribution in [0.2, 0.25) is 0 Å². The highest BCUT2D eigenvalue weighted by Crippen LogP contribution is 2.44. The minimum absolute atomic E-state index is 0.104. The maximum absolute atomic E-state index is 12.9. The van der Waals surface area contributed by atoms with Gasteiger partial charge in [0, 0.05) is 31.0 Å². The molecule has 1 aromatic rings. The van der Waals surface area contributed by atoms with E-state index in [0.29, 0.717) is 19.1 Å². The summed E-state index contributed by atoms with van der Waals surface area (Å²) in [6.07, 6.45) is 4.76. The van der Waals surface area contributed by atoms with E-state index in [-0.39, 0.29) is 11.8 Å². The van der Waals surface area contributed by atoms with Gasteiger partial charge in [-0.3, -0.25) is 4.79 Å². The number of carbonyl (C=O) groups is 1. The molecule has 0 spiro atoms. The van der Waals surface area contributed by atoms with Gasteiger partial charge in [-0.05, 0) is 48.9 Å². The van der Waals surface area contributed by atoms with Crippen LogP contribution in [0.15, 0.2) is 18.2 Å². The van der Waals surface area contributed by atoms with Crippen molar-refractivity contribution in [2.45, 2.75) is 44.6 Å². The molecule has 2 fully saturated rings. The number of nitrogens with zero attached hydrogens (tertiary/aromatic N) is 1. The van der Waals surface area contributed by atoms with Crippen LogP contribution >= 0.6 is 0 Å². The van der Waals surface area contributed by atoms with Crippen LogP contribution in [0, 0.1) is 11.8 Å². The molecule has 1 amide bonds. The first kappa shape index (κ1) is 15.0. The molecule has 3 atom stereocenters. The van der Waals surface area contributed by atoms with E-state index in [9.17, 15) is 9.90 Å². The van der Waals surface area contributed by atoms with Crippen LogP contribution in [-0.4, -0.2) is 41.2 Å². The van der Waals surface area contributed by atoms with Crippen molar-refractivity contribution in [1.29, 1.82) is 0 Å². The van der Waals surface area contributed by atoms with Gasteiger partial charge in [-0.15, -0.1) is 0 Å². The fraction of sp³-hybridized carbons (Fsp3) is 0.632. The third kappa shape index (κ3) is 2.44. The Hall–Kier alpha value is -1.55. The van der Waals surface area contributed by atoms with Gasteiger partial charge < -0.3 is 14.7 Å². The molecule has 2 aliphatic heterocycles. The molecule has 0 aromatic heterocycles. The number of likely N-dealkylation sites (tertiary alicyclic amines) is 1. The van der Waals surface area contributed by atoms with Crippen molar-refractivity contribution in [3.63, 3.8) is 0 Å². The monoisotopic (exact) mass is 315 g/mol.